The van der Waals surface area contributed by atoms with Gasteiger partial charge in [0.1, 0.15) is 5.76 Å². The molecule has 2 unspecified atom stereocenters. The molecule has 1 aliphatic carbocycles. The molecule has 2 atom stereocenters. The average molecular weight is 341 g/mol. The van der Waals surface area contributed by atoms with Gasteiger partial charge in [-0.05, 0) is 37.1 Å². The Bertz CT molecular complexity index is 796. The molecule has 6 heteroatoms. The van der Waals surface area contributed by atoms with Crippen LogP contribution < -0.4 is 5.32 Å². The zero-order valence-corrected chi connectivity index (χ0v) is 14.6. The van der Waals surface area contributed by atoms with Gasteiger partial charge < -0.3 is 4.74 Å². The van der Waals surface area contributed by atoms with Gasteiger partial charge in [0.05, 0.1) is 12.8 Å². The van der Waals surface area contributed by atoms with E-state index in [9.17, 15) is 4.79 Å². The number of anilines is 1. The van der Waals surface area contributed by atoms with E-state index < -0.39 is 0 Å². The SMILES string of the molecule is COC1=CC(C)C(c2csc(NC(=O)c3ccncc3)n2)C(C)=C1. The normalized spacial score (nSPS) is 20.1. The van der Waals surface area contributed by atoms with Crippen LogP contribution >= 0.6 is 11.3 Å². The molecule has 0 spiro atoms. The van der Waals surface area contributed by atoms with Crippen LogP contribution in [0.25, 0.3) is 0 Å². The molecule has 3 rings (SSSR count). The Hall–Kier alpha value is -2.47. The van der Waals surface area contributed by atoms with Crippen LogP contribution in [-0.2, 0) is 4.74 Å². The molecule has 0 bridgehead atoms. The Balaban J connectivity index is 1.76. The number of amides is 1. The first-order valence-electron chi connectivity index (χ1n) is 7.69. The Kier molecular flexibility index (Phi) is 4.76. The first kappa shape index (κ1) is 16.4. The number of carbonyl (C=O) groups is 1. The van der Waals surface area contributed by atoms with Crippen LogP contribution in [0.1, 0.15) is 35.8 Å². The summed E-state index contributed by atoms with van der Waals surface area (Å²) in [4.78, 5) is 20.7. The number of hydrogen-bond donors (Lipinski definition) is 1. The van der Waals surface area contributed by atoms with Crippen molar-refractivity contribution in [2.45, 2.75) is 19.8 Å². The van der Waals surface area contributed by atoms with Gasteiger partial charge in [-0.3, -0.25) is 15.1 Å². The number of carbonyl (C=O) groups excluding carboxylic acids is 1. The summed E-state index contributed by atoms with van der Waals surface area (Å²) in [6, 6.07) is 3.36. The Labute approximate surface area is 145 Å². The lowest BCUT2D eigenvalue weighted by molar-refractivity contribution is 0.102. The fourth-order valence-electron chi connectivity index (χ4n) is 2.92. The van der Waals surface area contributed by atoms with Crippen molar-refractivity contribution in [1.29, 1.82) is 0 Å². The summed E-state index contributed by atoms with van der Waals surface area (Å²) in [5.74, 6) is 1.20. The summed E-state index contributed by atoms with van der Waals surface area (Å²) in [6.45, 7) is 4.23. The lowest BCUT2D eigenvalue weighted by atomic mass is 9.81. The molecule has 5 nitrogen and oxygen atoms in total. The molecule has 0 radical (unpaired) electrons. The van der Waals surface area contributed by atoms with Crippen LogP contribution in [-0.4, -0.2) is 23.0 Å². The molecule has 24 heavy (non-hydrogen) atoms. The van der Waals surface area contributed by atoms with Crippen molar-refractivity contribution in [2.75, 3.05) is 12.4 Å². The maximum atomic E-state index is 12.2. The molecular weight excluding hydrogens is 322 g/mol. The van der Waals surface area contributed by atoms with Gasteiger partial charge in [-0.25, -0.2) is 4.98 Å². The number of thiazole rings is 1. The maximum absolute atomic E-state index is 12.2. The van der Waals surface area contributed by atoms with E-state index in [-0.39, 0.29) is 17.7 Å². The van der Waals surface area contributed by atoms with Crippen molar-refractivity contribution in [3.05, 3.63) is 64.6 Å². The van der Waals surface area contributed by atoms with Crippen molar-refractivity contribution < 1.29 is 9.53 Å². The third-order valence-corrected chi connectivity index (χ3v) is 4.83. The minimum Gasteiger partial charge on any atom is -0.497 e. The second-order valence-corrected chi connectivity index (χ2v) is 6.62. The highest BCUT2D eigenvalue weighted by molar-refractivity contribution is 7.14. The van der Waals surface area contributed by atoms with Gasteiger partial charge in [0.25, 0.3) is 5.91 Å². The molecule has 1 amide bonds. The van der Waals surface area contributed by atoms with E-state index in [2.05, 4.69) is 35.2 Å². The third-order valence-electron chi connectivity index (χ3n) is 4.05. The molecule has 2 aromatic rings. The predicted octanol–water partition coefficient (Wildman–Crippen LogP) is 4.00. The molecule has 0 saturated carbocycles. The zero-order valence-electron chi connectivity index (χ0n) is 13.8. The minimum absolute atomic E-state index is 0.177. The number of allylic oxidation sites excluding steroid dienone is 3. The topological polar surface area (TPSA) is 64.1 Å². The molecule has 0 saturated heterocycles. The number of rotatable bonds is 4. The molecule has 1 N–H and O–H groups in total. The number of nitrogens with zero attached hydrogens (tertiary/aromatic N) is 2. The summed E-state index contributed by atoms with van der Waals surface area (Å²) in [6.07, 6.45) is 7.34. The number of hydrogen-bond acceptors (Lipinski definition) is 5. The number of methoxy groups -OCH3 is 1. The molecule has 0 aliphatic heterocycles. The van der Waals surface area contributed by atoms with E-state index >= 15 is 0 Å². The predicted molar refractivity (Wildman–Crippen MR) is 95.1 cm³/mol. The quantitative estimate of drug-likeness (QED) is 0.913. The molecule has 2 heterocycles. The van der Waals surface area contributed by atoms with Crippen LogP contribution in [0.2, 0.25) is 0 Å². The van der Waals surface area contributed by atoms with Crippen LogP contribution in [0.15, 0.2) is 53.4 Å². The van der Waals surface area contributed by atoms with Crippen molar-refractivity contribution >= 4 is 22.4 Å². The van der Waals surface area contributed by atoms with Gasteiger partial charge in [-0.15, -0.1) is 11.3 Å². The number of aromatic nitrogens is 2. The van der Waals surface area contributed by atoms with E-state index in [0.29, 0.717) is 10.7 Å². The summed E-state index contributed by atoms with van der Waals surface area (Å²) in [5.41, 5.74) is 2.74. The van der Waals surface area contributed by atoms with Crippen LogP contribution in [0, 0.1) is 5.92 Å². The van der Waals surface area contributed by atoms with E-state index in [1.807, 2.05) is 11.5 Å². The van der Waals surface area contributed by atoms with E-state index in [4.69, 9.17) is 4.74 Å². The van der Waals surface area contributed by atoms with Crippen LogP contribution in [0.3, 0.4) is 0 Å². The van der Waals surface area contributed by atoms with Crippen molar-refractivity contribution in [1.82, 2.24) is 9.97 Å². The highest BCUT2D eigenvalue weighted by Crippen LogP contribution is 2.38. The van der Waals surface area contributed by atoms with Gasteiger partial charge in [0.15, 0.2) is 5.13 Å². The lowest BCUT2D eigenvalue weighted by Crippen LogP contribution is -2.15. The molecule has 0 aromatic carbocycles. The molecule has 124 valence electrons. The third kappa shape index (κ3) is 3.38. The molecule has 1 aliphatic rings. The fraction of sp³-hybridized carbons (Fsp3) is 0.278. The summed E-state index contributed by atoms with van der Waals surface area (Å²) in [7, 11) is 1.68. The first-order valence-corrected chi connectivity index (χ1v) is 8.57. The first-order chi connectivity index (χ1) is 11.6. The highest BCUT2D eigenvalue weighted by Gasteiger charge is 2.26. The van der Waals surface area contributed by atoms with Gasteiger partial charge in [-0.1, -0.05) is 12.5 Å². The van der Waals surface area contributed by atoms with E-state index in [1.54, 1.807) is 31.6 Å². The molecule has 2 aromatic heterocycles. The largest absolute Gasteiger partial charge is 0.497 e. The van der Waals surface area contributed by atoms with Crippen LogP contribution in [0.4, 0.5) is 5.13 Å². The summed E-state index contributed by atoms with van der Waals surface area (Å²) >= 11 is 1.44. The fourth-order valence-corrected chi connectivity index (χ4v) is 3.66. The zero-order chi connectivity index (χ0) is 17.1. The van der Waals surface area contributed by atoms with Gasteiger partial charge in [-0.2, -0.15) is 0 Å². The smallest absolute Gasteiger partial charge is 0.257 e. The molecular formula is C18H19N3O2S. The summed E-state index contributed by atoms with van der Waals surface area (Å²) in [5, 5.41) is 5.46. The average Bonchev–Trinajstić information content (AvgIpc) is 3.02. The number of pyridine rings is 1. The lowest BCUT2D eigenvalue weighted by Gasteiger charge is -2.25. The second-order valence-electron chi connectivity index (χ2n) is 5.77. The Morgan fingerprint density at radius 2 is 2.08 bits per heavy atom. The number of ether oxygens (including phenoxy) is 1. The van der Waals surface area contributed by atoms with Gasteiger partial charge >= 0.3 is 0 Å². The Morgan fingerprint density at radius 3 is 2.75 bits per heavy atom. The van der Waals surface area contributed by atoms with Gasteiger partial charge in [0.2, 0.25) is 0 Å². The highest BCUT2D eigenvalue weighted by atomic mass is 32.1. The van der Waals surface area contributed by atoms with E-state index in [1.165, 1.54) is 16.9 Å². The van der Waals surface area contributed by atoms with Crippen LogP contribution in [0.5, 0.6) is 0 Å². The van der Waals surface area contributed by atoms with Crippen molar-refractivity contribution in [3.63, 3.8) is 0 Å². The molecule has 0 fully saturated rings. The summed E-state index contributed by atoms with van der Waals surface area (Å²) < 4.78 is 5.33. The van der Waals surface area contributed by atoms with Crippen molar-refractivity contribution in [3.8, 4) is 0 Å². The Morgan fingerprint density at radius 1 is 1.33 bits per heavy atom. The standard InChI is InChI=1S/C18H19N3O2S/c1-11-8-14(23-3)9-12(2)16(11)15-10-24-18(20-15)21-17(22)13-4-6-19-7-5-13/h4-11,16H,1-3H3,(H,20,21,22). The van der Waals surface area contributed by atoms with Gasteiger partial charge in [0, 0.05) is 29.3 Å². The van der Waals surface area contributed by atoms with E-state index in [0.717, 1.165) is 11.5 Å². The van der Waals surface area contributed by atoms with Crippen molar-refractivity contribution in [2.24, 2.45) is 5.92 Å². The number of nitrogens with one attached hydrogen (secondary N) is 1. The maximum Gasteiger partial charge on any atom is 0.257 e. The minimum atomic E-state index is -0.177. The second kappa shape index (κ2) is 6.97. The monoisotopic (exact) mass is 341 g/mol.